The smallest absolute Gasteiger partial charge is 0.261 e. The van der Waals surface area contributed by atoms with Crippen LogP contribution in [0, 0.1) is 6.92 Å². The van der Waals surface area contributed by atoms with Crippen molar-refractivity contribution in [3.05, 3.63) is 40.9 Å². The molecule has 2 heterocycles. The SMILES string of the molecule is Cc1noc(CCNC(=O)c2cc3cc(N)ccc3s2)n1. The third kappa shape index (κ3) is 3.03. The minimum atomic E-state index is -0.106. The lowest BCUT2D eigenvalue weighted by molar-refractivity contribution is 0.0957. The Labute approximate surface area is 125 Å². The summed E-state index contributed by atoms with van der Waals surface area (Å²) in [5, 5.41) is 7.53. The molecule has 108 valence electrons. The van der Waals surface area contributed by atoms with Crippen molar-refractivity contribution in [1.29, 1.82) is 0 Å². The number of nitrogens with one attached hydrogen (secondary N) is 1. The second kappa shape index (κ2) is 5.53. The van der Waals surface area contributed by atoms with Crippen molar-refractivity contribution in [2.24, 2.45) is 0 Å². The molecule has 0 atom stereocenters. The molecule has 0 saturated heterocycles. The van der Waals surface area contributed by atoms with E-state index in [1.54, 1.807) is 6.92 Å². The van der Waals surface area contributed by atoms with Crippen LogP contribution < -0.4 is 11.1 Å². The predicted molar refractivity (Wildman–Crippen MR) is 81.3 cm³/mol. The topological polar surface area (TPSA) is 94.0 Å². The van der Waals surface area contributed by atoms with Gasteiger partial charge in [-0.2, -0.15) is 4.98 Å². The van der Waals surface area contributed by atoms with Gasteiger partial charge in [-0.05, 0) is 36.6 Å². The minimum absolute atomic E-state index is 0.106. The highest BCUT2D eigenvalue weighted by molar-refractivity contribution is 7.20. The number of nitrogens with zero attached hydrogens (tertiary/aromatic N) is 2. The van der Waals surface area contributed by atoms with E-state index in [4.69, 9.17) is 10.3 Å². The number of rotatable bonds is 4. The summed E-state index contributed by atoms with van der Waals surface area (Å²) in [6, 6.07) is 7.47. The summed E-state index contributed by atoms with van der Waals surface area (Å²) in [5.41, 5.74) is 6.43. The van der Waals surface area contributed by atoms with E-state index < -0.39 is 0 Å². The molecule has 0 spiro atoms. The Kier molecular flexibility index (Phi) is 3.57. The van der Waals surface area contributed by atoms with Gasteiger partial charge in [-0.15, -0.1) is 11.3 Å². The van der Waals surface area contributed by atoms with Crippen LogP contribution in [0.3, 0.4) is 0 Å². The van der Waals surface area contributed by atoms with Crippen LogP contribution in [-0.4, -0.2) is 22.6 Å². The highest BCUT2D eigenvalue weighted by Crippen LogP contribution is 2.27. The normalized spacial score (nSPS) is 10.9. The molecule has 0 aliphatic rings. The largest absolute Gasteiger partial charge is 0.399 e. The summed E-state index contributed by atoms with van der Waals surface area (Å²) in [4.78, 5) is 16.8. The fraction of sp³-hybridized carbons (Fsp3) is 0.214. The first-order valence-corrected chi connectivity index (χ1v) is 7.30. The molecule has 2 aromatic heterocycles. The molecule has 0 bridgehead atoms. The zero-order chi connectivity index (χ0) is 14.8. The van der Waals surface area contributed by atoms with E-state index in [0.29, 0.717) is 35.2 Å². The van der Waals surface area contributed by atoms with E-state index in [0.717, 1.165) is 10.1 Å². The van der Waals surface area contributed by atoms with Crippen molar-refractivity contribution in [3.63, 3.8) is 0 Å². The highest BCUT2D eigenvalue weighted by Gasteiger charge is 2.11. The Hall–Kier alpha value is -2.41. The number of aromatic nitrogens is 2. The summed E-state index contributed by atoms with van der Waals surface area (Å²) in [7, 11) is 0. The second-order valence-corrected chi connectivity index (χ2v) is 5.73. The molecular weight excluding hydrogens is 288 g/mol. The lowest BCUT2D eigenvalue weighted by Gasteiger charge is -2.00. The summed E-state index contributed by atoms with van der Waals surface area (Å²) in [6.07, 6.45) is 0.518. The third-order valence-electron chi connectivity index (χ3n) is 2.96. The molecule has 3 N–H and O–H groups in total. The van der Waals surface area contributed by atoms with Crippen LogP contribution >= 0.6 is 11.3 Å². The van der Waals surface area contributed by atoms with Crippen molar-refractivity contribution in [3.8, 4) is 0 Å². The molecule has 0 aliphatic heterocycles. The van der Waals surface area contributed by atoms with Crippen LogP contribution in [0.25, 0.3) is 10.1 Å². The molecule has 0 aliphatic carbocycles. The maximum atomic E-state index is 12.1. The second-order valence-electron chi connectivity index (χ2n) is 4.65. The first-order chi connectivity index (χ1) is 10.1. The van der Waals surface area contributed by atoms with Gasteiger partial charge < -0.3 is 15.6 Å². The average Bonchev–Trinajstić information content (AvgIpc) is 3.04. The van der Waals surface area contributed by atoms with Crippen LogP contribution in [0.5, 0.6) is 0 Å². The van der Waals surface area contributed by atoms with E-state index in [1.807, 2.05) is 24.3 Å². The van der Waals surface area contributed by atoms with Gasteiger partial charge in [0.25, 0.3) is 5.91 Å². The molecule has 0 unspecified atom stereocenters. The molecule has 0 fully saturated rings. The quantitative estimate of drug-likeness (QED) is 0.720. The van der Waals surface area contributed by atoms with Gasteiger partial charge in [0.1, 0.15) is 0 Å². The van der Waals surface area contributed by atoms with Crippen LogP contribution in [0.15, 0.2) is 28.8 Å². The summed E-state index contributed by atoms with van der Waals surface area (Å²) < 4.78 is 6.03. The number of hydrogen-bond donors (Lipinski definition) is 2. The van der Waals surface area contributed by atoms with Gasteiger partial charge in [-0.25, -0.2) is 0 Å². The number of fused-ring (bicyclic) bond motifs is 1. The van der Waals surface area contributed by atoms with E-state index >= 15 is 0 Å². The standard InChI is InChI=1S/C14H14N4O2S/c1-8-17-13(20-18-8)4-5-16-14(19)12-7-9-6-10(15)2-3-11(9)21-12/h2-3,6-7H,4-5,15H2,1H3,(H,16,19). The molecule has 6 nitrogen and oxygen atoms in total. The maximum absolute atomic E-state index is 12.1. The number of amides is 1. The Balaban J connectivity index is 1.63. The van der Waals surface area contributed by atoms with Crippen molar-refractivity contribution in [1.82, 2.24) is 15.5 Å². The van der Waals surface area contributed by atoms with E-state index in [9.17, 15) is 4.79 Å². The number of anilines is 1. The van der Waals surface area contributed by atoms with E-state index in [2.05, 4.69) is 15.5 Å². The summed E-state index contributed by atoms with van der Waals surface area (Å²) in [5.74, 6) is 1.02. The van der Waals surface area contributed by atoms with Gasteiger partial charge in [0.2, 0.25) is 5.89 Å². The molecule has 7 heteroatoms. The van der Waals surface area contributed by atoms with Gasteiger partial charge in [0.15, 0.2) is 5.82 Å². The van der Waals surface area contributed by atoms with Crippen LogP contribution in [0.2, 0.25) is 0 Å². The minimum Gasteiger partial charge on any atom is -0.399 e. The van der Waals surface area contributed by atoms with Gasteiger partial charge in [0.05, 0.1) is 4.88 Å². The van der Waals surface area contributed by atoms with Crippen molar-refractivity contribution in [2.75, 3.05) is 12.3 Å². The number of carbonyl (C=O) groups excluding carboxylic acids is 1. The third-order valence-corrected chi connectivity index (χ3v) is 4.07. The van der Waals surface area contributed by atoms with Gasteiger partial charge in [-0.1, -0.05) is 5.16 Å². The highest BCUT2D eigenvalue weighted by atomic mass is 32.1. The van der Waals surface area contributed by atoms with E-state index in [1.165, 1.54) is 11.3 Å². The molecule has 1 aromatic carbocycles. The van der Waals surface area contributed by atoms with Crippen LogP contribution in [0.4, 0.5) is 5.69 Å². The monoisotopic (exact) mass is 302 g/mol. The van der Waals surface area contributed by atoms with Gasteiger partial charge in [0, 0.05) is 23.4 Å². The zero-order valence-corrected chi connectivity index (χ0v) is 12.2. The number of hydrogen-bond acceptors (Lipinski definition) is 6. The summed E-state index contributed by atoms with van der Waals surface area (Å²) >= 11 is 1.45. The van der Waals surface area contributed by atoms with Gasteiger partial charge in [-0.3, -0.25) is 4.79 Å². The number of aryl methyl sites for hydroxylation is 1. The molecule has 0 radical (unpaired) electrons. The fourth-order valence-corrected chi connectivity index (χ4v) is 2.94. The first-order valence-electron chi connectivity index (χ1n) is 6.48. The van der Waals surface area contributed by atoms with Crippen molar-refractivity contribution in [2.45, 2.75) is 13.3 Å². The Morgan fingerprint density at radius 3 is 3.05 bits per heavy atom. The number of nitrogens with two attached hydrogens (primary N) is 1. The lowest BCUT2D eigenvalue weighted by Crippen LogP contribution is -2.24. The van der Waals surface area contributed by atoms with Crippen LogP contribution in [-0.2, 0) is 6.42 Å². The number of thiophene rings is 1. The molecule has 21 heavy (non-hydrogen) atoms. The molecule has 1 amide bonds. The average molecular weight is 302 g/mol. The number of benzene rings is 1. The number of carbonyl (C=O) groups is 1. The lowest BCUT2D eigenvalue weighted by atomic mass is 10.2. The Morgan fingerprint density at radius 1 is 1.43 bits per heavy atom. The molecular formula is C14H14N4O2S. The van der Waals surface area contributed by atoms with Crippen LogP contribution in [0.1, 0.15) is 21.4 Å². The fourth-order valence-electron chi connectivity index (χ4n) is 1.99. The first kappa shape index (κ1) is 13.6. The summed E-state index contributed by atoms with van der Waals surface area (Å²) in [6.45, 7) is 2.21. The predicted octanol–water partition coefficient (Wildman–Crippen LogP) is 2.15. The Morgan fingerprint density at radius 2 is 2.29 bits per heavy atom. The molecule has 3 aromatic rings. The molecule has 3 rings (SSSR count). The van der Waals surface area contributed by atoms with Crippen molar-refractivity contribution < 1.29 is 9.32 Å². The molecule has 0 saturated carbocycles. The zero-order valence-electron chi connectivity index (χ0n) is 11.4. The number of nitrogen functional groups attached to an aromatic ring is 1. The van der Waals surface area contributed by atoms with Gasteiger partial charge >= 0.3 is 0 Å². The van der Waals surface area contributed by atoms with Crippen molar-refractivity contribution >= 4 is 33.0 Å². The maximum Gasteiger partial charge on any atom is 0.261 e. The van der Waals surface area contributed by atoms with E-state index in [-0.39, 0.29) is 5.91 Å². The Bertz CT molecular complexity index is 793.